The van der Waals surface area contributed by atoms with Gasteiger partial charge in [-0.1, -0.05) is 20.8 Å². The first-order valence-electron chi connectivity index (χ1n) is 3.72. The van der Waals surface area contributed by atoms with Crippen LogP contribution >= 0.6 is 24.8 Å². The maximum atomic E-state index is 5.51. The minimum Gasteiger partial charge on any atom is -0.397 e. The van der Waals surface area contributed by atoms with Gasteiger partial charge >= 0.3 is 0 Å². The summed E-state index contributed by atoms with van der Waals surface area (Å²) in [6, 6.07) is 3.85. The molecule has 0 fully saturated rings. The lowest BCUT2D eigenvalue weighted by Gasteiger charge is -2.16. The van der Waals surface area contributed by atoms with Crippen molar-refractivity contribution in [2.75, 3.05) is 5.73 Å². The van der Waals surface area contributed by atoms with E-state index in [1.54, 1.807) is 6.20 Å². The first-order chi connectivity index (χ1) is 5.00. The van der Waals surface area contributed by atoms with E-state index >= 15 is 0 Å². The van der Waals surface area contributed by atoms with Gasteiger partial charge in [0.2, 0.25) is 0 Å². The molecule has 1 aromatic rings. The van der Waals surface area contributed by atoms with Gasteiger partial charge in [-0.15, -0.1) is 24.8 Å². The van der Waals surface area contributed by atoms with Crippen LogP contribution in [-0.2, 0) is 5.41 Å². The van der Waals surface area contributed by atoms with Gasteiger partial charge in [0, 0.05) is 11.1 Å². The van der Waals surface area contributed by atoms with Gasteiger partial charge in [0.05, 0.1) is 11.9 Å². The van der Waals surface area contributed by atoms with E-state index in [4.69, 9.17) is 5.73 Å². The van der Waals surface area contributed by atoms with Gasteiger partial charge in [-0.05, 0) is 12.1 Å². The number of aromatic nitrogens is 1. The summed E-state index contributed by atoms with van der Waals surface area (Å²) in [5.41, 5.74) is 7.42. The molecule has 76 valence electrons. The number of hydrogen-bond donors (Lipinski definition) is 1. The fourth-order valence-corrected chi connectivity index (χ4v) is 0.849. The maximum absolute atomic E-state index is 5.51. The summed E-state index contributed by atoms with van der Waals surface area (Å²) in [6.07, 6.45) is 1.70. The predicted molar refractivity (Wildman–Crippen MR) is 61.8 cm³/mol. The normalized spacial score (nSPS) is 9.77. The van der Waals surface area contributed by atoms with Gasteiger partial charge < -0.3 is 5.73 Å². The molecule has 0 aliphatic carbocycles. The highest BCUT2D eigenvalue weighted by Gasteiger charge is 2.13. The monoisotopic (exact) mass is 222 g/mol. The second-order valence-electron chi connectivity index (χ2n) is 3.73. The van der Waals surface area contributed by atoms with Crippen LogP contribution in [0.3, 0.4) is 0 Å². The summed E-state index contributed by atoms with van der Waals surface area (Å²) >= 11 is 0. The summed E-state index contributed by atoms with van der Waals surface area (Å²) in [4.78, 5) is 4.22. The highest BCUT2D eigenvalue weighted by atomic mass is 35.5. The molecule has 1 heterocycles. The van der Waals surface area contributed by atoms with Crippen molar-refractivity contribution < 1.29 is 0 Å². The average molecular weight is 223 g/mol. The maximum Gasteiger partial charge on any atom is 0.0501 e. The molecule has 0 aliphatic heterocycles. The number of anilines is 1. The van der Waals surface area contributed by atoms with E-state index in [1.165, 1.54) is 0 Å². The summed E-state index contributed by atoms with van der Waals surface area (Å²) < 4.78 is 0. The molecule has 4 heteroatoms. The SMILES string of the molecule is CC(C)(C)c1ccc(N)cn1.Cl.Cl. The van der Waals surface area contributed by atoms with E-state index in [1.807, 2.05) is 12.1 Å². The molecule has 0 spiro atoms. The number of halogens is 2. The van der Waals surface area contributed by atoms with E-state index in [2.05, 4.69) is 25.8 Å². The molecule has 0 unspecified atom stereocenters. The number of rotatable bonds is 0. The molecule has 0 bridgehead atoms. The Morgan fingerprint density at radius 1 is 1.15 bits per heavy atom. The van der Waals surface area contributed by atoms with Gasteiger partial charge in [0.25, 0.3) is 0 Å². The largest absolute Gasteiger partial charge is 0.397 e. The first-order valence-corrected chi connectivity index (χ1v) is 3.72. The van der Waals surface area contributed by atoms with E-state index in [9.17, 15) is 0 Å². The number of nitrogen functional groups attached to an aromatic ring is 1. The Morgan fingerprint density at radius 2 is 1.69 bits per heavy atom. The lowest BCUT2D eigenvalue weighted by molar-refractivity contribution is 0.569. The third-order valence-electron chi connectivity index (χ3n) is 1.55. The molecule has 0 radical (unpaired) electrons. The van der Waals surface area contributed by atoms with Crippen molar-refractivity contribution in [3.8, 4) is 0 Å². The van der Waals surface area contributed by atoms with Crippen molar-refractivity contribution in [2.45, 2.75) is 26.2 Å². The Bertz CT molecular complexity index is 239. The lowest BCUT2D eigenvalue weighted by atomic mass is 9.92. The highest BCUT2D eigenvalue weighted by Crippen LogP contribution is 2.19. The topological polar surface area (TPSA) is 38.9 Å². The Hall–Kier alpha value is -0.470. The lowest BCUT2D eigenvalue weighted by Crippen LogP contribution is -2.13. The molecule has 2 nitrogen and oxygen atoms in total. The molecule has 0 saturated heterocycles. The molecular formula is C9H16Cl2N2. The Labute approximate surface area is 91.8 Å². The molecule has 0 aromatic carbocycles. The van der Waals surface area contributed by atoms with Crippen LogP contribution in [0.4, 0.5) is 5.69 Å². The van der Waals surface area contributed by atoms with E-state index in [0.29, 0.717) is 0 Å². The molecule has 0 saturated carbocycles. The second-order valence-corrected chi connectivity index (χ2v) is 3.73. The zero-order valence-electron chi connectivity index (χ0n) is 8.07. The van der Waals surface area contributed by atoms with Crippen LogP contribution in [-0.4, -0.2) is 4.98 Å². The molecule has 2 N–H and O–H groups in total. The van der Waals surface area contributed by atoms with Crippen molar-refractivity contribution in [2.24, 2.45) is 0 Å². The van der Waals surface area contributed by atoms with Crippen LogP contribution in [0.25, 0.3) is 0 Å². The Kier molecular flexibility index (Phi) is 6.13. The summed E-state index contributed by atoms with van der Waals surface area (Å²) in [7, 11) is 0. The van der Waals surface area contributed by atoms with E-state index in [-0.39, 0.29) is 30.2 Å². The molecule has 1 aromatic heterocycles. The third-order valence-corrected chi connectivity index (χ3v) is 1.55. The van der Waals surface area contributed by atoms with Crippen molar-refractivity contribution >= 4 is 30.5 Å². The zero-order chi connectivity index (χ0) is 8.48. The molecule has 1 rings (SSSR count). The summed E-state index contributed by atoms with van der Waals surface area (Å²) in [6.45, 7) is 6.39. The van der Waals surface area contributed by atoms with Crippen LogP contribution in [0, 0.1) is 0 Å². The molecule has 13 heavy (non-hydrogen) atoms. The summed E-state index contributed by atoms with van der Waals surface area (Å²) in [5.74, 6) is 0. The minimum atomic E-state index is 0. The van der Waals surface area contributed by atoms with Crippen LogP contribution in [0.15, 0.2) is 18.3 Å². The predicted octanol–water partition coefficient (Wildman–Crippen LogP) is 2.80. The minimum absolute atomic E-state index is 0. The van der Waals surface area contributed by atoms with Gasteiger partial charge in [-0.3, -0.25) is 4.98 Å². The fourth-order valence-electron chi connectivity index (χ4n) is 0.849. The Balaban J connectivity index is 0. The number of nitrogens with two attached hydrogens (primary N) is 1. The molecule has 0 aliphatic rings. The second kappa shape index (κ2) is 5.30. The quantitative estimate of drug-likeness (QED) is 0.734. The smallest absolute Gasteiger partial charge is 0.0501 e. The standard InChI is InChI=1S/C9H14N2.2ClH/c1-9(2,3)8-5-4-7(10)6-11-8;;/h4-6H,10H2,1-3H3;2*1H. The number of pyridine rings is 1. The van der Waals surface area contributed by atoms with Crippen molar-refractivity contribution in [3.05, 3.63) is 24.0 Å². The van der Waals surface area contributed by atoms with E-state index < -0.39 is 0 Å². The molecule has 0 atom stereocenters. The van der Waals surface area contributed by atoms with Crippen molar-refractivity contribution in [1.29, 1.82) is 0 Å². The van der Waals surface area contributed by atoms with Crippen LogP contribution in [0.2, 0.25) is 0 Å². The third kappa shape index (κ3) is 4.34. The van der Waals surface area contributed by atoms with Crippen LogP contribution in [0.5, 0.6) is 0 Å². The average Bonchev–Trinajstić information content (AvgIpc) is 1.86. The fraction of sp³-hybridized carbons (Fsp3) is 0.444. The first kappa shape index (κ1) is 15.0. The van der Waals surface area contributed by atoms with Crippen molar-refractivity contribution in [3.63, 3.8) is 0 Å². The van der Waals surface area contributed by atoms with Crippen LogP contribution in [0.1, 0.15) is 26.5 Å². The number of hydrogen-bond acceptors (Lipinski definition) is 2. The summed E-state index contributed by atoms with van der Waals surface area (Å²) in [5, 5.41) is 0. The number of nitrogens with zero attached hydrogens (tertiary/aromatic N) is 1. The van der Waals surface area contributed by atoms with Crippen LogP contribution < -0.4 is 5.73 Å². The molecule has 0 amide bonds. The highest BCUT2D eigenvalue weighted by molar-refractivity contribution is 5.85. The Morgan fingerprint density at radius 3 is 2.00 bits per heavy atom. The molecular weight excluding hydrogens is 207 g/mol. The van der Waals surface area contributed by atoms with Gasteiger partial charge in [-0.2, -0.15) is 0 Å². The van der Waals surface area contributed by atoms with Gasteiger partial charge in [0.15, 0.2) is 0 Å². The van der Waals surface area contributed by atoms with E-state index in [0.717, 1.165) is 11.4 Å². The van der Waals surface area contributed by atoms with Gasteiger partial charge in [-0.25, -0.2) is 0 Å². The zero-order valence-corrected chi connectivity index (χ0v) is 9.71. The van der Waals surface area contributed by atoms with Crippen molar-refractivity contribution in [1.82, 2.24) is 4.98 Å². The van der Waals surface area contributed by atoms with Gasteiger partial charge in [0.1, 0.15) is 0 Å².